The number of nitrogens with zero attached hydrogens (tertiary/aromatic N) is 2. The highest BCUT2D eigenvalue weighted by Crippen LogP contribution is 2.16. The van der Waals surface area contributed by atoms with Gasteiger partial charge in [0.1, 0.15) is 12.4 Å². The maximum absolute atomic E-state index is 12.6. The van der Waals surface area contributed by atoms with Crippen molar-refractivity contribution in [3.8, 4) is 0 Å². The molecular weight excluding hydrogens is 224 g/mol. The standard InChI is InChI=1S/C8H13F2N3OS/c1-2-3-6-12-7(15-13-6)11-4-8(9,10)5-14/h14H,2-5H2,1H3,(H,11,12,13). The van der Waals surface area contributed by atoms with Gasteiger partial charge in [-0.1, -0.05) is 6.92 Å². The van der Waals surface area contributed by atoms with Gasteiger partial charge < -0.3 is 10.4 Å². The van der Waals surface area contributed by atoms with E-state index in [1.807, 2.05) is 6.92 Å². The molecular formula is C8H13F2N3OS. The predicted octanol–water partition coefficient (Wildman–Crippen LogP) is 1.53. The molecule has 4 nitrogen and oxygen atoms in total. The average Bonchev–Trinajstić information content (AvgIpc) is 2.64. The predicted molar refractivity (Wildman–Crippen MR) is 54.4 cm³/mol. The number of hydrogen-bond acceptors (Lipinski definition) is 5. The molecule has 0 spiro atoms. The van der Waals surface area contributed by atoms with Gasteiger partial charge in [-0.3, -0.25) is 0 Å². The molecule has 0 aliphatic rings. The molecule has 0 aromatic carbocycles. The number of aromatic nitrogens is 2. The summed E-state index contributed by atoms with van der Waals surface area (Å²) < 4.78 is 29.3. The Hall–Kier alpha value is -0.820. The third kappa shape index (κ3) is 4.05. The first-order valence-corrected chi connectivity index (χ1v) is 5.40. The fraction of sp³-hybridized carbons (Fsp3) is 0.750. The average molecular weight is 237 g/mol. The maximum Gasteiger partial charge on any atom is 0.287 e. The van der Waals surface area contributed by atoms with Crippen molar-refractivity contribution < 1.29 is 13.9 Å². The number of aliphatic hydroxyl groups excluding tert-OH is 1. The molecule has 0 radical (unpaired) electrons. The Kier molecular flexibility index (Phi) is 4.34. The monoisotopic (exact) mass is 237 g/mol. The Morgan fingerprint density at radius 2 is 2.27 bits per heavy atom. The zero-order chi connectivity index (χ0) is 11.3. The van der Waals surface area contributed by atoms with Gasteiger partial charge in [0.2, 0.25) is 5.13 Å². The van der Waals surface area contributed by atoms with Crippen molar-refractivity contribution in [2.24, 2.45) is 0 Å². The Morgan fingerprint density at radius 3 is 2.87 bits per heavy atom. The lowest BCUT2D eigenvalue weighted by atomic mass is 10.3. The van der Waals surface area contributed by atoms with E-state index in [9.17, 15) is 8.78 Å². The molecule has 0 saturated heterocycles. The van der Waals surface area contributed by atoms with E-state index in [1.54, 1.807) is 0 Å². The molecule has 1 aromatic rings. The van der Waals surface area contributed by atoms with Crippen LogP contribution in [0, 0.1) is 0 Å². The maximum atomic E-state index is 12.6. The van der Waals surface area contributed by atoms with Crippen molar-refractivity contribution in [2.45, 2.75) is 25.7 Å². The summed E-state index contributed by atoms with van der Waals surface area (Å²) in [6.07, 6.45) is 1.66. The Balaban J connectivity index is 2.44. The third-order valence-corrected chi connectivity index (χ3v) is 2.38. The van der Waals surface area contributed by atoms with Crippen molar-refractivity contribution in [3.05, 3.63) is 5.82 Å². The van der Waals surface area contributed by atoms with Gasteiger partial charge in [0.25, 0.3) is 5.92 Å². The van der Waals surface area contributed by atoms with Gasteiger partial charge in [0, 0.05) is 18.0 Å². The topological polar surface area (TPSA) is 58.0 Å². The molecule has 0 bridgehead atoms. The van der Waals surface area contributed by atoms with Crippen LogP contribution in [0.1, 0.15) is 19.2 Å². The van der Waals surface area contributed by atoms with Gasteiger partial charge in [0.05, 0.1) is 6.54 Å². The Bertz CT molecular complexity index is 306. The molecule has 7 heteroatoms. The molecule has 0 aliphatic heterocycles. The molecule has 2 N–H and O–H groups in total. The van der Waals surface area contributed by atoms with Crippen LogP contribution in [0.5, 0.6) is 0 Å². The minimum absolute atomic E-state index is 0.367. The first-order valence-electron chi connectivity index (χ1n) is 4.62. The molecule has 1 rings (SSSR count). The van der Waals surface area contributed by atoms with E-state index < -0.39 is 19.1 Å². The van der Waals surface area contributed by atoms with Gasteiger partial charge in [-0.15, -0.1) is 0 Å². The molecule has 86 valence electrons. The summed E-state index contributed by atoms with van der Waals surface area (Å²) in [5.74, 6) is -2.45. The van der Waals surface area contributed by atoms with Crippen molar-refractivity contribution in [1.82, 2.24) is 9.36 Å². The summed E-state index contributed by atoms with van der Waals surface area (Å²) in [6.45, 7) is 0.207. The molecule has 0 unspecified atom stereocenters. The Labute approximate surface area is 90.5 Å². The molecule has 0 amide bonds. The summed E-state index contributed by atoms with van der Waals surface area (Å²) in [5, 5.41) is 11.2. The van der Waals surface area contributed by atoms with E-state index in [0.717, 1.165) is 24.4 Å². The third-order valence-electron chi connectivity index (χ3n) is 1.67. The van der Waals surface area contributed by atoms with Crippen molar-refractivity contribution in [3.63, 3.8) is 0 Å². The van der Waals surface area contributed by atoms with Crippen molar-refractivity contribution in [2.75, 3.05) is 18.5 Å². The molecule has 15 heavy (non-hydrogen) atoms. The molecule has 0 saturated carbocycles. The lowest BCUT2D eigenvalue weighted by molar-refractivity contribution is -0.0372. The van der Waals surface area contributed by atoms with Crippen LogP contribution >= 0.6 is 11.5 Å². The van der Waals surface area contributed by atoms with Crippen LogP contribution in [-0.4, -0.2) is 33.5 Å². The van der Waals surface area contributed by atoms with Gasteiger partial charge >= 0.3 is 0 Å². The van der Waals surface area contributed by atoms with E-state index in [1.165, 1.54) is 0 Å². The summed E-state index contributed by atoms with van der Waals surface area (Å²) in [6, 6.07) is 0. The van der Waals surface area contributed by atoms with Gasteiger partial charge in [-0.2, -0.15) is 4.37 Å². The fourth-order valence-corrected chi connectivity index (χ4v) is 1.52. The summed E-state index contributed by atoms with van der Waals surface area (Å²) in [7, 11) is 0. The first kappa shape index (κ1) is 12.3. The van der Waals surface area contributed by atoms with Crippen LogP contribution in [0.15, 0.2) is 0 Å². The van der Waals surface area contributed by atoms with Crippen molar-refractivity contribution in [1.29, 1.82) is 0 Å². The highest BCUT2D eigenvalue weighted by Gasteiger charge is 2.27. The minimum atomic E-state index is -3.11. The smallest absolute Gasteiger partial charge is 0.287 e. The molecule has 0 aliphatic carbocycles. The van der Waals surface area contributed by atoms with E-state index in [-0.39, 0.29) is 0 Å². The number of alkyl halides is 2. The highest BCUT2D eigenvalue weighted by molar-refractivity contribution is 7.09. The summed E-state index contributed by atoms with van der Waals surface area (Å²) in [5.41, 5.74) is 0. The second-order valence-electron chi connectivity index (χ2n) is 3.13. The molecule has 0 atom stereocenters. The summed E-state index contributed by atoms with van der Waals surface area (Å²) >= 11 is 1.05. The first-order chi connectivity index (χ1) is 7.07. The molecule has 1 heterocycles. The number of aliphatic hydroxyl groups is 1. The number of hydrogen-bond donors (Lipinski definition) is 2. The molecule has 1 aromatic heterocycles. The van der Waals surface area contributed by atoms with Crippen LogP contribution < -0.4 is 5.32 Å². The van der Waals surface area contributed by atoms with Gasteiger partial charge in [-0.05, 0) is 6.42 Å². The second kappa shape index (κ2) is 5.32. The van der Waals surface area contributed by atoms with Crippen LogP contribution in [0.2, 0.25) is 0 Å². The Morgan fingerprint density at radius 1 is 1.53 bits per heavy atom. The van der Waals surface area contributed by atoms with E-state index in [0.29, 0.717) is 11.0 Å². The number of nitrogens with one attached hydrogen (secondary N) is 1. The van der Waals surface area contributed by atoms with E-state index >= 15 is 0 Å². The molecule has 0 fully saturated rings. The van der Waals surface area contributed by atoms with Crippen LogP contribution in [0.25, 0.3) is 0 Å². The van der Waals surface area contributed by atoms with E-state index in [2.05, 4.69) is 14.7 Å². The highest BCUT2D eigenvalue weighted by atomic mass is 32.1. The second-order valence-corrected chi connectivity index (χ2v) is 3.89. The van der Waals surface area contributed by atoms with Gasteiger partial charge in [-0.25, -0.2) is 13.8 Å². The minimum Gasteiger partial charge on any atom is -0.390 e. The lowest BCUT2D eigenvalue weighted by Crippen LogP contribution is -2.30. The number of anilines is 1. The largest absolute Gasteiger partial charge is 0.390 e. The number of rotatable bonds is 6. The lowest BCUT2D eigenvalue weighted by Gasteiger charge is -2.12. The normalized spacial score (nSPS) is 11.7. The SMILES string of the molecule is CCCc1nsc(NCC(F)(F)CO)n1. The van der Waals surface area contributed by atoms with Crippen LogP contribution in [-0.2, 0) is 6.42 Å². The summed E-state index contributed by atoms with van der Waals surface area (Å²) in [4.78, 5) is 4.02. The van der Waals surface area contributed by atoms with Crippen LogP contribution in [0.3, 0.4) is 0 Å². The van der Waals surface area contributed by atoms with Gasteiger partial charge in [0.15, 0.2) is 0 Å². The zero-order valence-electron chi connectivity index (χ0n) is 8.33. The van der Waals surface area contributed by atoms with E-state index in [4.69, 9.17) is 5.11 Å². The fourth-order valence-electron chi connectivity index (χ4n) is 0.912. The number of aryl methyl sites for hydroxylation is 1. The number of halogens is 2. The zero-order valence-corrected chi connectivity index (χ0v) is 9.15. The van der Waals surface area contributed by atoms with Crippen molar-refractivity contribution >= 4 is 16.7 Å². The van der Waals surface area contributed by atoms with Crippen LogP contribution in [0.4, 0.5) is 13.9 Å². The quantitative estimate of drug-likeness (QED) is 0.787.